The van der Waals surface area contributed by atoms with Crippen LogP contribution in [0, 0.1) is 0 Å². The summed E-state index contributed by atoms with van der Waals surface area (Å²) in [6, 6.07) is 14.9. The van der Waals surface area contributed by atoms with Crippen LogP contribution in [0.1, 0.15) is 17.5 Å². The molecule has 0 amide bonds. The maximum atomic E-state index is 12.4. The number of sulfonamides is 1. The number of benzene rings is 2. The number of halogens is 1. The van der Waals surface area contributed by atoms with Crippen LogP contribution in [0.2, 0.25) is 0 Å². The van der Waals surface area contributed by atoms with Gasteiger partial charge < -0.3 is 0 Å². The van der Waals surface area contributed by atoms with Gasteiger partial charge in [-0.15, -0.1) is 0 Å². The number of nitrogens with one attached hydrogen (secondary N) is 1. The molecule has 0 saturated carbocycles. The fourth-order valence-electron chi connectivity index (χ4n) is 2.70. The number of rotatable bonds is 3. The van der Waals surface area contributed by atoms with Crippen molar-refractivity contribution in [2.75, 3.05) is 0 Å². The highest BCUT2D eigenvalue weighted by molar-refractivity contribution is 9.10. The second kappa shape index (κ2) is 5.91. The van der Waals surface area contributed by atoms with Crippen molar-refractivity contribution >= 4 is 26.0 Å². The van der Waals surface area contributed by atoms with Crippen LogP contribution in [0.3, 0.4) is 0 Å². The van der Waals surface area contributed by atoms with E-state index in [4.69, 9.17) is 0 Å². The molecular weight excluding hydrogens is 350 g/mol. The molecule has 21 heavy (non-hydrogen) atoms. The Labute approximate surface area is 133 Å². The van der Waals surface area contributed by atoms with E-state index in [1.807, 2.05) is 12.1 Å². The summed E-state index contributed by atoms with van der Waals surface area (Å²) in [6.07, 6.45) is 2.52. The second-order valence-corrected chi connectivity index (χ2v) is 7.91. The lowest BCUT2D eigenvalue weighted by atomic mass is 9.89. The van der Waals surface area contributed by atoms with E-state index in [0.29, 0.717) is 4.90 Å². The van der Waals surface area contributed by atoms with Gasteiger partial charge in [-0.3, -0.25) is 0 Å². The molecule has 1 aliphatic carbocycles. The smallest absolute Gasteiger partial charge is 0.208 e. The lowest BCUT2D eigenvalue weighted by Crippen LogP contribution is -2.38. The lowest BCUT2D eigenvalue weighted by Gasteiger charge is -2.25. The molecule has 0 heterocycles. The van der Waals surface area contributed by atoms with Gasteiger partial charge in [-0.25, -0.2) is 13.1 Å². The number of hydrogen-bond acceptors (Lipinski definition) is 2. The van der Waals surface area contributed by atoms with E-state index in [2.05, 4.69) is 32.8 Å². The molecule has 2 aromatic carbocycles. The summed E-state index contributed by atoms with van der Waals surface area (Å²) in [5.41, 5.74) is 2.57. The molecule has 3 nitrogen and oxygen atoms in total. The first kappa shape index (κ1) is 14.8. The third-order valence-electron chi connectivity index (χ3n) is 3.79. The van der Waals surface area contributed by atoms with E-state index in [9.17, 15) is 8.42 Å². The standard InChI is InChI=1S/C16H16BrNO2S/c17-14-6-9-16(10-7-14)21(19,20)18-15-8-5-12-3-1-2-4-13(12)11-15/h1-4,6-7,9-10,15,18H,5,8,11H2. The summed E-state index contributed by atoms with van der Waals surface area (Å²) in [5.74, 6) is 0. The molecule has 0 fully saturated rings. The van der Waals surface area contributed by atoms with Crippen molar-refractivity contribution in [3.8, 4) is 0 Å². The monoisotopic (exact) mass is 365 g/mol. The molecule has 0 saturated heterocycles. The Kier molecular flexibility index (Phi) is 4.15. The summed E-state index contributed by atoms with van der Waals surface area (Å²) in [6.45, 7) is 0. The van der Waals surface area contributed by atoms with Gasteiger partial charge in [0, 0.05) is 10.5 Å². The Morgan fingerprint density at radius 2 is 1.67 bits per heavy atom. The fraction of sp³-hybridized carbons (Fsp3) is 0.250. The molecular formula is C16H16BrNO2S. The number of fused-ring (bicyclic) bond motifs is 1. The quantitative estimate of drug-likeness (QED) is 0.906. The first-order chi connectivity index (χ1) is 10.0. The highest BCUT2D eigenvalue weighted by Gasteiger charge is 2.24. The predicted molar refractivity (Wildman–Crippen MR) is 86.7 cm³/mol. The van der Waals surface area contributed by atoms with E-state index in [1.165, 1.54) is 11.1 Å². The van der Waals surface area contributed by atoms with Crippen LogP contribution < -0.4 is 4.72 Å². The highest BCUT2D eigenvalue weighted by atomic mass is 79.9. The maximum absolute atomic E-state index is 12.4. The molecule has 1 unspecified atom stereocenters. The van der Waals surface area contributed by atoms with E-state index in [0.717, 1.165) is 23.7 Å². The molecule has 110 valence electrons. The molecule has 1 N–H and O–H groups in total. The minimum absolute atomic E-state index is 0.0338. The average molecular weight is 366 g/mol. The van der Waals surface area contributed by atoms with Crippen molar-refractivity contribution in [1.82, 2.24) is 4.72 Å². The summed E-state index contributed by atoms with van der Waals surface area (Å²) in [4.78, 5) is 0.310. The summed E-state index contributed by atoms with van der Waals surface area (Å²) in [5, 5.41) is 0. The van der Waals surface area contributed by atoms with Gasteiger partial charge >= 0.3 is 0 Å². The molecule has 0 radical (unpaired) electrons. The summed E-state index contributed by atoms with van der Waals surface area (Å²) >= 11 is 3.31. The number of hydrogen-bond donors (Lipinski definition) is 1. The van der Waals surface area contributed by atoms with Crippen molar-refractivity contribution in [3.05, 3.63) is 64.1 Å². The first-order valence-electron chi connectivity index (χ1n) is 6.89. The summed E-state index contributed by atoms with van der Waals surface area (Å²) in [7, 11) is -3.45. The van der Waals surface area contributed by atoms with Gasteiger partial charge in [0.05, 0.1) is 4.90 Å². The van der Waals surface area contributed by atoms with Crippen LogP contribution >= 0.6 is 15.9 Å². The van der Waals surface area contributed by atoms with Crippen LogP contribution in [0.25, 0.3) is 0 Å². The van der Waals surface area contributed by atoms with Gasteiger partial charge in [0.1, 0.15) is 0 Å². The van der Waals surface area contributed by atoms with Crippen molar-refractivity contribution < 1.29 is 8.42 Å². The van der Waals surface area contributed by atoms with Gasteiger partial charge in [-0.2, -0.15) is 0 Å². The molecule has 0 bridgehead atoms. The zero-order valence-electron chi connectivity index (χ0n) is 11.4. The largest absolute Gasteiger partial charge is 0.240 e. The van der Waals surface area contributed by atoms with Gasteiger partial charge in [0.2, 0.25) is 10.0 Å². The topological polar surface area (TPSA) is 46.2 Å². The van der Waals surface area contributed by atoms with Gasteiger partial charge in [0.15, 0.2) is 0 Å². The molecule has 0 aliphatic heterocycles. The van der Waals surface area contributed by atoms with E-state index >= 15 is 0 Å². The molecule has 2 aromatic rings. The third-order valence-corrected chi connectivity index (χ3v) is 5.86. The van der Waals surface area contributed by atoms with Crippen molar-refractivity contribution in [1.29, 1.82) is 0 Å². The van der Waals surface area contributed by atoms with Gasteiger partial charge in [-0.1, -0.05) is 40.2 Å². The van der Waals surface area contributed by atoms with Gasteiger partial charge in [0.25, 0.3) is 0 Å². The summed E-state index contributed by atoms with van der Waals surface area (Å²) < 4.78 is 28.5. The minimum Gasteiger partial charge on any atom is -0.208 e. The molecule has 1 aliphatic rings. The second-order valence-electron chi connectivity index (χ2n) is 5.28. The predicted octanol–water partition coefficient (Wildman–Crippen LogP) is 3.28. The Balaban J connectivity index is 1.77. The first-order valence-corrected chi connectivity index (χ1v) is 9.17. The molecule has 0 aromatic heterocycles. The minimum atomic E-state index is -3.45. The van der Waals surface area contributed by atoms with E-state index < -0.39 is 10.0 Å². The Bertz CT molecular complexity index is 741. The third kappa shape index (κ3) is 3.36. The normalized spacial score (nSPS) is 18.2. The van der Waals surface area contributed by atoms with Crippen LogP contribution in [0.15, 0.2) is 57.9 Å². The zero-order chi connectivity index (χ0) is 14.9. The maximum Gasteiger partial charge on any atom is 0.240 e. The molecule has 0 spiro atoms. The molecule has 1 atom stereocenters. The molecule has 3 rings (SSSR count). The fourth-order valence-corrected chi connectivity index (χ4v) is 4.23. The lowest BCUT2D eigenvalue weighted by molar-refractivity contribution is 0.507. The van der Waals surface area contributed by atoms with Crippen molar-refractivity contribution in [2.24, 2.45) is 0 Å². The Hall–Kier alpha value is -1.17. The van der Waals surface area contributed by atoms with Crippen LogP contribution in [0.5, 0.6) is 0 Å². The zero-order valence-corrected chi connectivity index (χ0v) is 13.8. The average Bonchev–Trinajstić information content (AvgIpc) is 2.47. The van der Waals surface area contributed by atoms with Crippen molar-refractivity contribution in [3.63, 3.8) is 0 Å². The highest BCUT2D eigenvalue weighted by Crippen LogP contribution is 2.23. The van der Waals surface area contributed by atoms with Crippen LogP contribution in [0.4, 0.5) is 0 Å². The SMILES string of the molecule is O=S(=O)(NC1CCc2ccccc2C1)c1ccc(Br)cc1. The molecule has 5 heteroatoms. The van der Waals surface area contributed by atoms with E-state index in [1.54, 1.807) is 24.3 Å². The Morgan fingerprint density at radius 1 is 1.00 bits per heavy atom. The number of aryl methyl sites for hydroxylation is 1. The Morgan fingerprint density at radius 3 is 2.38 bits per heavy atom. The van der Waals surface area contributed by atoms with Crippen LogP contribution in [-0.4, -0.2) is 14.5 Å². The van der Waals surface area contributed by atoms with Gasteiger partial charge in [-0.05, 0) is 54.7 Å². The van der Waals surface area contributed by atoms with E-state index in [-0.39, 0.29) is 6.04 Å². The van der Waals surface area contributed by atoms with Crippen molar-refractivity contribution in [2.45, 2.75) is 30.2 Å². The van der Waals surface area contributed by atoms with Crippen LogP contribution in [-0.2, 0) is 22.9 Å².